The third-order valence-corrected chi connectivity index (χ3v) is 3.61. The highest BCUT2D eigenvalue weighted by molar-refractivity contribution is 14.1. The normalized spacial score (nSPS) is 10.2. The lowest BCUT2D eigenvalue weighted by molar-refractivity contribution is 0.0949. The Hall–Kier alpha value is -1.70. The van der Waals surface area contributed by atoms with Gasteiger partial charge in [-0.05, 0) is 47.2 Å². The molecule has 2 aromatic rings. The molecule has 1 heterocycles. The molecule has 98 valence electrons. The van der Waals surface area contributed by atoms with E-state index in [1.165, 1.54) is 12.5 Å². The molecule has 1 aromatic carbocycles. The van der Waals surface area contributed by atoms with Gasteiger partial charge in [-0.15, -0.1) is 0 Å². The molecule has 0 unspecified atom stereocenters. The van der Waals surface area contributed by atoms with Crippen LogP contribution in [0, 0.1) is 10.5 Å². The van der Waals surface area contributed by atoms with Gasteiger partial charge in [-0.1, -0.05) is 6.07 Å². The summed E-state index contributed by atoms with van der Waals surface area (Å²) in [6.07, 6.45) is 2.94. The minimum atomic E-state index is -0.176. The van der Waals surface area contributed by atoms with Crippen LogP contribution < -0.4 is 11.1 Å². The molecule has 0 aliphatic rings. The molecule has 0 saturated heterocycles. The molecule has 0 fully saturated rings. The fraction of sp³-hybridized carbons (Fsp3) is 0.154. The number of hydrogen-bond acceptors (Lipinski definition) is 4. The van der Waals surface area contributed by atoms with Gasteiger partial charge in [0, 0.05) is 22.0 Å². The predicted molar refractivity (Wildman–Crippen MR) is 81.5 cm³/mol. The first kappa shape index (κ1) is 13.7. The molecule has 3 N–H and O–H groups in total. The predicted octanol–water partition coefficient (Wildman–Crippen LogP) is 1.90. The Kier molecular flexibility index (Phi) is 4.31. The summed E-state index contributed by atoms with van der Waals surface area (Å²) in [5.41, 5.74) is 8.64. The average Bonchev–Trinajstić information content (AvgIpc) is 2.40. The fourth-order valence-corrected chi connectivity index (χ4v) is 2.15. The number of hydrogen-bond donors (Lipinski definition) is 2. The summed E-state index contributed by atoms with van der Waals surface area (Å²) in [4.78, 5) is 19.8. The first-order chi connectivity index (χ1) is 9.08. The molecular formula is C13H13IN4O. The van der Waals surface area contributed by atoms with E-state index in [-0.39, 0.29) is 5.91 Å². The van der Waals surface area contributed by atoms with Crippen LogP contribution in [0.3, 0.4) is 0 Å². The minimum absolute atomic E-state index is 0.176. The topological polar surface area (TPSA) is 80.9 Å². The molecule has 0 bridgehead atoms. The first-order valence-corrected chi connectivity index (χ1v) is 6.74. The number of carbonyl (C=O) groups is 1. The van der Waals surface area contributed by atoms with E-state index in [4.69, 9.17) is 5.73 Å². The van der Waals surface area contributed by atoms with E-state index in [0.717, 1.165) is 14.8 Å². The number of anilines is 1. The molecule has 0 radical (unpaired) electrons. The van der Waals surface area contributed by atoms with Gasteiger partial charge in [-0.2, -0.15) is 0 Å². The number of amides is 1. The van der Waals surface area contributed by atoms with Crippen molar-refractivity contribution in [1.29, 1.82) is 0 Å². The molecule has 2 rings (SSSR count). The largest absolute Gasteiger partial charge is 0.398 e. The van der Waals surface area contributed by atoms with E-state index >= 15 is 0 Å². The van der Waals surface area contributed by atoms with Gasteiger partial charge in [0.15, 0.2) is 0 Å². The number of halogens is 1. The Bertz CT molecular complexity index is 615. The summed E-state index contributed by atoms with van der Waals surface area (Å²) < 4.78 is 0.976. The van der Waals surface area contributed by atoms with Crippen LogP contribution in [0.25, 0.3) is 0 Å². The van der Waals surface area contributed by atoms with Crippen molar-refractivity contribution in [3.05, 3.63) is 51.1 Å². The molecule has 6 heteroatoms. The lowest BCUT2D eigenvalue weighted by Gasteiger charge is -2.07. The SMILES string of the molecule is Cc1ncncc1C(=O)NCc1ccc(N)c(I)c1. The lowest BCUT2D eigenvalue weighted by Crippen LogP contribution is -2.24. The number of nitrogens with zero attached hydrogens (tertiary/aromatic N) is 2. The van der Waals surface area contributed by atoms with Crippen molar-refractivity contribution in [2.75, 3.05) is 5.73 Å². The molecule has 5 nitrogen and oxygen atoms in total. The lowest BCUT2D eigenvalue weighted by atomic mass is 10.2. The Morgan fingerprint density at radius 1 is 1.47 bits per heavy atom. The van der Waals surface area contributed by atoms with E-state index in [1.54, 1.807) is 6.92 Å². The number of rotatable bonds is 3. The molecule has 19 heavy (non-hydrogen) atoms. The highest BCUT2D eigenvalue weighted by Crippen LogP contribution is 2.16. The van der Waals surface area contributed by atoms with Crippen LogP contribution in [0.4, 0.5) is 5.69 Å². The van der Waals surface area contributed by atoms with Crippen molar-refractivity contribution in [2.45, 2.75) is 13.5 Å². The van der Waals surface area contributed by atoms with E-state index < -0.39 is 0 Å². The van der Waals surface area contributed by atoms with Crippen molar-refractivity contribution in [3.63, 3.8) is 0 Å². The van der Waals surface area contributed by atoms with Crippen molar-refractivity contribution >= 4 is 34.2 Å². The second-order valence-electron chi connectivity index (χ2n) is 4.06. The summed E-state index contributed by atoms with van der Waals surface area (Å²) in [5, 5.41) is 2.84. The fourth-order valence-electron chi connectivity index (χ4n) is 1.57. The van der Waals surface area contributed by atoms with Crippen LogP contribution in [-0.4, -0.2) is 15.9 Å². The summed E-state index contributed by atoms with van der Waals surface area (Å²) in [7, 11) is 0. The number of benzene rings is 1. The van der Waals surface area contributed by atoms with E-state index in [1.807, 2.05) is 18.2 Å². The van der Waals surface area contributed by atoms with Gasteiger partial charge in [0.25, 0.3) is 5.91 Å². The molecule has 0 saturated carbocycles. The smallest absolute Gasteiger partial charge is 0.254 e. The number of aromatic nitrogens is 2. The van der Waals surface area contributed by atoms with E-state index in [0.29, 0.717) is 17.8 Å². The second kappa shape index (κ2) is 5.96. The van der Waals surface area contributed by atoms with Gasteiger partial charge in [0.2, 0.25) is 0 Å². The van der Waals surface area contributed by atoms with E-state index in [9.17, 15) is 4.79 Å². The summed E-state index contributed by atoms with van der Waals surface area (Å²) in [6, 6.07) is 5.68. The van der Waals surface area contributed by atoms with Crippen LogP contribution in [0.1, 0.15) is 21.6 Å². The Labute approximate surface area is 124 Å². The van der Waals surface area contributed by atoms with Crippen LogP contribution >= 0.6 is 22.6 Å². The zero-order valence-electron chi connectivity index (χ0n) is 10.4. The number of carbonyl (C=O) groups excluding carboxylic acids is 1. The number of aryl methyl sites for hydroxylation is 1. The molecule has 0 aliphatic heterocycles. The third-order valence-electron chi connectivity index (χ3n) is 2.67. The summed E-state index contributed by atoms with van der Waals surface area (Å²) in [6.45, 7) is 2.23. The highest BCUT2D eigenvalue weighted by Gasteiger charge is 2.09. The van der Waals surface area contributed by atoms with Gasteiger partial charge in [-0.25, -0.2) is 9.97 Å². The van der Waals surface area contributed by atoms with Gasteiger partial charge < -0.3 is 11.1 Å². The zero-order valence-corrected chi connectivity index (χ0v) is 12.5. The maximum absolute atomic E-state index is 12.0. The van der Waals surface area contributed by atoms with Crippen LogP contribution in [0.5, 0.6) is 0 Å². The summed E-state index contributed by atoms with van der Waals surface area (Å²) in [5.74, 6) is -0.176. The molecular weight excluding hydrogens is 355 g/mol. The molecule has 0 aliphatic carbocycles. The minimum Gasteiger partial charge on any atom is -0.398 e. The monoisotopic (exact) mass is 368 g/mol. The van der Waals surface area contributed by atoms with Crippen molar-refractivity contribution in [2.24, 2.45) is 0 Å². The standard InChI is InChI=1S/C13H13IN4O/c1-8-10(6-16-7-18-8)13(19)17-5-9-2-3-12(15)11(14)4-9/h2-4,6-7H,5,15H2,1H3,(H,17,19). The number of nitrogens with one attached hydrogen (secondary N) is 1. The van der Waals surface area contributed by atoms with Gasteiger partial charge in [0.05, 0.1) is 11.3 Å². The zero-order chi connectivity index (χ0) is 13.8. The Balaban J connectivity index is 2.04. The van der Waals surface area contributed by atoms with Gasteiger partial charge in [-0.3, -0.25) is 4.79 Å². The van der Waals surface area contributed by atoms with E-state index in [2.05, 4.69) is 37.9 Å². The number of nitrogens with two attached hydrogens (primary N) is 1. The molecule has 1 aromatic heterocycles. The van der Waals surface area contributed by atoms with Crippen molar-refractivity contribution in [3.8, 4) is 0 Å². The maximum atomic E-state index is 12.0. The number of nitrogen functional groups attached to an aromatic ring is 1. The highest BCUT2D eigenvalue weighted by atomic mass is 127. The van der Waals surface area contributed by atoms with Crippen molar-refractivity contribution in [1.82, 2.24) is 15.3 Å². The maximum Gasteiger partial charge on any atom is 0.254 e. The van der Waals surface area contributed by atoms with Crippen LogP contribution in [0.2, 0.25) is 0 Å². The average molecular weight is 368 g/mol. The van der Waals surface area contributed by atoms with Crippen molar-refractivity contribution < 1.29 is 4.79 Å². The molecule has 0 spiro atoms. The molecule has 0 atom stereocenters. The molecule has 1 amide bonds. The second-order valence-corrected chi connectivity index (χ2v) is 5.22. The third kappa shape index (κ3) is 3.40. The summed E-state index contributed by atoms with van der Waals surface area (Å²) >= 11 is 2.17. The van der Waals surface area contributed by atoms with Crippen LogP contribution in [0.15, 0.2) is 30.7 Å². The van der Waals surface area contributed by atoms with Gasteiger partial charge >= 0.3 is 0 Å². The Morgan fingerprint density at radius 2 is 2.26 bits per heavy atom. The Morgan fingerprint density at radius 3 is 2.95 bits per heavy atom. The quantitative estimate of drug-likeness (QED) is 0.641. The first-order valence-electron chi connectivity index (χ1n) is 5.66. The van der Waals surface area contributed by atoms with Gasteiger partial charge in [0.1, 0.15) is 6.33 Å². The van der Waals surface area contributed by atoms with Crippen LogP contribution in [-0.2, 0) is 6.54 Å².